The number of aryl methyl sites for hydroxylation is 1. The quantitative estimate of drug-likeness (QED) is 0.340. The monoisotopic (exact) mass is 411 g/mol. The molecule has 4 aromatic rings. The Morgan fingerprint density at radius 1 is 1.07 bits per heavy atom. The summed E-state index contributed by atoms with van der Waals surface area (Å²) in [6.07, 6.45) is 10.1. The van der Waals surface area contributed by atoms with Gasteiger partial charge >= 0.3 is 0 Å². The number of H-pyrrole nitrogens is 1. The van der Waals surface area contributed by atoms with Crippen LogP contribution in [0, 0.1) is 5.82 Å². The molecule has 5 heteroatoms. The first-order valence-electron chi connectivity index (χ1n) is 10.0. The molecule has 2 aromatic carbocycles. The van der Waals surface area contributed by atoms with Crippen molar-refractivity contribution in [2.45, 2.75) is 45.2 Å². The summed E-state index contributed by atoms with van der Waals surface area (Å²) < 4.78 is 13.5. The Morgan fingerprint density at radius 2 is 1.97 bits per heavy atom. The number of halogens is 2. The van der Waals surface area contributed by atoms with Crippen LogP contribution in [0.4, 0.5) is 4.39 Å². The van der Waals surface area contributed by atoms with Gasteiger partial charge in [0, 0.05) is 47.5 Å². The maximum Gasteiger partial charge on any atom is 0.123 e. The zero-order valence-corrected chi connectivity index (χ0v) is 17.4. The molecule has 3 nitrogen and oxygen atoms in total. The number of pyridine rings is 1. The van der Waals surface area contributed by atoms with Crippen LogP contribution in [-0.2, 0) is 13.0 Å². The van der Waals surface area contributed by atoms with E-state index in [1.807, 2.05) is 24.7 Å². The van der Waals surface area contributed by atoms with Crippen LogP contribution in [0.3, 0.4) is 0 Å². The molecule has 0 aliphatic carbocycles. The lowest BCUT2D eigenvalue weighted by atomic mass is 10.0. The van der Waals surface area contributed by atoms with Gasteiger partial charge in [0.25, 0.3) is 0 Å². The van der Waals surface area contributed by atoms with Crippen molar-refractivity contribution in [3.63, 3.8) is 0 Å². The highest BCUT2D eigenvalue weighted by atomic mass is 35.5. The van der Waals surface area contributed by atoms with E-state index in [-0.39, 0.29) is 18.2 Å². The normalized spacial score (nSPS) is 12.2. The van der Waals surface area contributed by atoms with Gasteiger partial charge in [0.2, 0.25) is 0 Å². The van der Waals surface area contributed by atoms with Gasteiger partial charge in [-0.05, 0) is 73.0 Å². The van der Waals surface area contributed by atoms with E-state index < -0.39 is 0 Å². The van der Waals surface area contributed by atoms with E-state index in [1.54, 1.807) is 6.07 Å². The van der Waals surface area contributed by atoms with Crippen molar-refractivity contribution < 1.29 is 4.39 Å². The van der Waals surface area contributed by atoms with Gasteiger partial charge in [-0.25, -0.2) is 4.39 Å². The Morgan fingerprint density at radius 3 is 2.86 bits per heavy atom. The number of nitrogens with zero attached hydrogens (tertiary/aromatic N) is 1. The molecule has 0 aliphatic rings. The van der Waals surface area contributed by atoms with Crippen LogP contribution in [0.5, 0.6) is 0 Å². The smallest absolute Gasteiger partial charge is 0.123 e. The van der Waals surface area contributed by atoms with E-state index >= 15 is 0 Å². The first-order valence-corrected chi connectivity index (χ1v) is 10.0. The van der Waals surface area contributed by atoms with Crippen LogP contribution >= 0.6 is 12.4 Å². The Labute approximate surface area is 177 Å². The minimum absolute atomic E-state index is 0. The van der Waals surface area contributed by atoms with Gasteiger partial charge < -0.3 is 10.3 Å². The highest BCUT2D eigenvalue weighted by Crippen LogP contribution is 2.21. The summed E-state index contributed by atoms with van der Waals surface area (Å²) in [5, 5.41) is 7.05. The summed E-state index contributed by atoms with van der Waals surface area (Å²) in [5.74, 6) is -0.170. The summed E-state index contributed by atoms with van der Waals surface area (Å²) in [6, 6.07) is 14.0. The van der Waals surface area contributed by atoms with Crippen molar-refractivity contribution in [1.82, 2.24) is 15.3 Å². The molecule has 2 heterocycles. The average Bonchev–Trinajstić information content (AvgIpc) is 3.11. The summed E-state index contributed by atoms with van der Waals surface area (Å²) in [6.45, 7) is 3.12. The molecule has 0 radical (unpaired) electrons. The summed E-state index contributed by atoms with van der Waals surface area (Å²) in [5.41, 5.74) is 3.52. The fraction of sp³-hybridized carbons (Fsp3) is 0.292. The summed E-state index contributed by atoms with van der Waals surface area (Å²) in [7, 11) is 0. The molecule has 0 bridgehead atoms. The lowest BCUT2D eigenvalue weighted by molar-refractivity contribution is 0.489. The van der Waals surface area contributed by atoms with Crippen LogP contribution < -0.4 is 5.32 Å². The van der Waals surface area contributed by atoms with Gasteiger partial charge in [0.1, 0.15) is 5.82 Å². The van der Waals surface area contributed by atoms with E-state index in [9.17, 15) is 4.39 Å². The number of hydrogen-bond acceptors (Lipinski definition) is 2. The Balaban J connectivity index is 0.00000240. The van der Waals surface area contributed by atoms with Crippen molar-refractivity contribution in [1.29, 1.82) is 0 Å². The number of rotatable bonds is 8. The highest BCUT2D eigenvalue weighted by molar-refractivity contribution is 5.85. The van der Waals surface area contributed by atoms with Crippen LogP contribution in [0.25, 0.3) is 21.7 Å². The molecule has 0 spiro atoms. The third kappa shape index (κ3) is 5.34. The highest BCUT2D eigenvalue weighted by Gasteiger charge is 2.06. The Hall–Kier alpha value is -2.43. The number of unbranched alkanes of at least 4 members (excludes halogenated alkanes) is 1. The molecule has 152 valence electrons. The maximum atomic E-state index is 13.5. The van der Waals surface area contributed by atoms with Crippen molar-refractivity contribution in [3.05, 3.63) is 78.0 Å². The minimum Gasteiger partial charge on any atom is -0.361 e. The van der Waals surface area contributed by atoms with Crippen LogP contribution in [0.15, 0.2) is 61.1 Å². The van der Waals surface area contributed by atoms with Gasteiger partial charge in [-0.2, -0.15) is 0 Å². The molecule has 0 unspecified atom stereocenters. The second-order valence-corrected chi connectivity index (χ2v) is 7.59. The standard InChI is InChI=1S/C24H26FN3.ClH/c1-17(27-14-18-6-7-20-15-26-11-10-19(20)12-18)4-2-3-5-21-16-28-24-9-8-22(25)13-23(21)24;/h6-13,15-17,27-28H,2-5,14H2,1H3;1H/t17-;/m1./s1. The van der Waals surface area contributed by atoms with Crippen molar-refractivity contribution in [2.24, 2.45) is 0 Å². The second kappa shape index (κ2) is 9.86. The Bertz CT molecular complexity index is 1080. The van der Waals surface area contributed by atoms with Crippen LogP contribution in [0.1, 0.15) is 37.3 Å². The first kappa shape index (κ1) is 21.3. The summed E-state index contributed by atoms with van der Waals surface area (Å²) in [4.78, 5) is 7.40. The predicted octanol–water partition coefficient (Wildman–Crippen LogP) is 6.17. The molecule has 0 aliphatic heterocycles. The molecule has 0 saturated carbocycles. The molecule has 0 amide bonds. The van der Waals surface area contributed by atoms with E-state index in [0.717, 1.165) is 43.1 Å². The van der Waals surface area contributed by atoms with Crippen molar-refractivity contribution >= 4 is 34.1 Å². The number of nitrogens with one attached hydrogen (secondary N) is 2. The second-order valence-electron chi connectivity index (χ2n) is 7.59. The molecule has 2 aromatic heterocycles. The predicted molar refractivity (Wildman–Crippen MR) is 121 cm³/mol. The average molecular weight is 412 g/mol. The maximum absolute atomic E-state index is 13.5. The molecule has 2 N–H and O–H groups in total. The fourth-order valence-corrected chi connectivity index (χ4v) is 3.76. The fourth-order valence-electron chi connectivity index (χ4n) is 3.76. The van der Waals surface area contributed by atoms with Crippen molar-refractivity contribution in [3.8, 4) is 0 Å². The van der Waals surface area contributed by atoms with Crippen LogP contribution in [0.2, 0.25) is 0 Å². The topological polar surface area (TPSA) is 40.7 Å². The molecule has 0 saturated heterocycles. The van der Waals surface area contributed by atoms with Gasteiger partial charge in [0.15, 0.2) is 0 Å². The van der Waals surface area contributed by atoms with Gasteiger partial charge in [0.05, 0.1) is 0 Å². The molecule has 29 heavy (non-hydrogen) atoms. The summed E-state index contributed by atoms with van der Waals surface area (Å²) >= 11 is 0. The lowest BCUT2D eigenvalue weighted by Gasteiger charge is -2.14. The minimum atomic E-state index is -0.170. The number of hydrogen-bond donors (Lipinski definition) is 2. The molecular formula is C24H27ClFN3. The Kier molecular flexibility index (Phi) is 7.24. The van der Waals surface area contributed by atoms with Crippen LogP contribution in [-0.4, -0.2) is 16.0 Å². The number of aromatic nitrogens is 2. The number of aromatic amines is 1. The molecule has 1 atom stereocenters. The molecule has 4 rings (SSSR count). The third-order valence-electron chi connectivity index (χ3n) is 5.42. The molecule has 0 fully saturated rings. The number of benzene rings is 2. The zero-order valence-electron chi connectivity index (χ0n) is 16.6. The van der Waals surface area contributed by atoms with Gasteiger partial charge in [-0.3, -0.25) is 4.98 Å². The molecular weight excluding hydrogens is 385 g/mol. The van der Waals surface area contributed by atoms with Gasteiger partial charge in [-0.15, -0.1) is 12.4 Å². The zero-order chi connectivity index (χ0) is 19.3. The van der Waals surface area contributed by atoms with E-state index in [0.29, 0.717) is 6.04 Å². The number of fused-ring (bicyclic) bond motifs is 2. The SMILES string of the molecule is C[C@H](CCCCc1c[nH]c2ccc(F)cc12)NCc1ccc2cnccc2c1.Cl. The van der Waals surface area contributed by atoms with Crippen molar-refractivity contribution in [2.75, 3.05) is 0 Å². The lowest BCUT2D eigenvalue weighted by Crippen LogP contribution is -2.25. The van der Waals surface area contributed by atoms with E-state index in [2.05, 4.69) is 46.5 Å². The first-order chi connectivity index (χ1) is 13.7. The van der Waals surface area contributed by atoms with Gasteiger partial charge in [-0.1, -0.05) is 18.6 Å². The third-order valence-corrected chi connectivity index (χ3v) is 5.42. The van der Waals surface area contributed by atoms with E-state index in [1.165, 1.54) is 28.0 Å². The largest absolute Gasteiger partial charge is 0.361 e. The van der Waals surface area contributed by atoms with E-state index in [4.69, 9.17) is 0 Å².